The van der Waals surface area contributed by atoms with Crippen LogP contribution in [0.2, 0.25) is 0 Å². The molecule has 2 unspecified atom stereocenters. The Morgan fingerprint density at radius 2 is 1.64 bits per heavy atom. The lowest BCUT2D eigenvalue weighted by Crippen LogP contribution is -2.26. The third-order valence-electron chi connectivity index (χ3n) is 6.05. The van der Waals surface area contributed by atoms with Crippen molar-refractivity contribution in [3.05, 3.63) is 51.6 Å². The summed E-state index contributed by atoms with van der Waals surface area (Å²) in [7, 11) is 0. The van der Waals surface area contributed by atoms with E-state index in [0.29, 0.717) is 12.2 Å². The van der Waals surface area contributed by atoms with E-state index in [4.69, 9.17) is 0 Å². The fourth-order valence-electron chi connectivity index (χ4n) is 4.47. The average molecular weight is 385 g/mol. The number of phenols is 1. The summed E-state index contributed by atoms with van der Waals surface area (Å²) in [6.07, 6.45) is 4.74. The third kappa shape index (κ3) is 4.71. The van der Waals surface area contributed by atoms with Gasteiger partial charge in [-0.1, -0.05) is 72.6 Å². The van der Waals surface area contributed by atoms with Crippen molar-refractivity contribution in [1.29, 1.82) is 0 Å². The number of rotatable bonds is 4. The molecule has 0 saturated carbocycles. The second-order valence-corrected chi connectivity index (χ2v) is 10.6. The number of aliphatic hydroxyl groups is 1. The van der Waals surface area contributed by atoms with Crippen molar-refractivity contribution in [2.75, 3.05) is 0 Å². The van der Waals surface area contributed by atoms with Gasteiger partial charge in [-0.25, -0.2) is 0 Å². The zero-order valence-electron chi connectivity index (χ0n) is 19.4. The summed E-state index contributed by atoms with van der Waals surface area (Å²) in [6, 6.07) is 4.15. The highest BCUT2D eigenvalue weighted by Crippen LogP contribution is 2.44. The molecule has 0 bridgehead atoms. The molecule has 2 atom stereocenters. The van der Waals surface area contributed by atoms with Crippen LogP contribution in [0.4, 0.5) is 0 Å². The maximum Gasteiger partial charge on any atom is 0.119 e. The Kier molecular flexibility index (Phi) is 6.55. The molecule has 0 amide bonds. The highest BCUT2D eigenvalue weighted by molar-refractivity contribution is 5.51. The van der Waals surface area contributed by atoms with Crippen LogP contribution in [0.3, 0.4) is 0 Å². The standard InChI is InChI=1S/C26H40O2/c1-10-11-18(19-14-21(25(4,5)6)23(27)12-16(19)2)20-15-22(26(7,8)9)24(28)13-17(20)3/h12,14-15,18,24,27-28H,10-11,13H2,1-9H3. The van der Waals surface area contributed by atoms with Crippen molar-refractivity contribution in [3.8, 4) is 5.75 Å². The van der Waals surface area contributed by atoms with Gasteiger partial charge in [0.05, 0.1) is 6.10 Å². The minimum atomic E-state index is -0.392. The van der Waals surface area contributed by atoms with E-state index in [2.05, 4.69) is 74.5 Å². The van der Waals surface area contributed by atoms with Gasteiger partial charge in [0.2, 0.25) is 0 Å². The van der Waals surface area contributed by atoms with E-state index in [1.54, 1.807) is 0 Å². The van der Waals surface area contributed by atoms with Crippen LogP contribution in [0.15, 0.2) is 34.9 Å². The van der Waals surface area contributed by atoms with E-state index < -0.39 is 6.10 Å². The molecule has 1 aromatic carbocycles. The van der Waals surface area contributed by atoms with E-state index in [0.717, 1.165) is 29.5 Å². The Balaban J connectivity index is 2.67. The molecule has 28 heavy (non-hydrogen) atoms. The maximum atomic E-state index is 10.7. The van der Waals surface area contributed by atoms with E-state index in [9.17, 15) is 10.2 Å². The first-order chi connectivity index (χ1) is 12.8. The highest BCUT2D eigenvalue weighted by Gasteiger charge is 2.31. The Labute approximate surface area is 172 Å². The fourth-order valence-corrected chi connectivity index (χ4v) is 4.47. The minimum Gasteiger partial charge on any atom is -0.508 e. The van der Waals surface area contributed by atoms with Gasteiger partial charge >= 0.3 is 0 Å². The molecule has 0 spiro atoms. The predicted molar refractivity (Wildman–Crippen MR) is 120 cm³/mol. The van der Waals surface area contributed by atoms with Crippen LogP contribution in [0, 0.1) is 12.3 Å². The van der Waals surface area contributed by atoms with Gasteiger partial charge in [0.1, 0.15) is 5.75 Å². The number of hydrogen-bond donors (Lipinski definition) is 2. The van der Waals surface area contributed by atoms with Crippen molar-refractivity contribution in [3.63, 3.8) is 0 Å². The first-order valence-electron chi connectivity index (χ1n) is 10.7. The van der Waals surface area contributed by atoms with Crippen LogP contribution < -0.4 is 0 Å². The summed E-state index contributed by atoms with van der Waals surface area (Å²) in [5.41, 5.74) is 7.05. The summed E-state index contributed by atoms with van der Waals surface area (Å²) in [5, 5.41) is 21.2. The molecule has 1 aromatic rings. The quantitative estimate of drug-likeness (QED) is 0.590. The van der Waals surface area contributed by atoms with Crippen LogP contribution in [-0.2, 0) is 5.41 Å². The van der Waals surface area contributed by atoms with Gasteiger partial charge in [-0.3, -0.25) is 0 Å². The molecule has 0 fully saturated rings. The Morgan fingerprint density at radius 1 is 1.04 bits per heavy atom. The monoisotopic (exact) mass is 384 g/mol. The van der Waals surface area contributed by atoms with E-state index >= 15 is 0 Å². The van der Waals surface area contributed by atoms with E-state index in [-0.39, 0.29) is 16.7 Å². The number of aryl methyl sites for hydroxylation is 1. The van der Waals surface area contributed by atoms with Gasteiger partial charge in [-0.05, 0) is 71.4 Å². The Morgan fingerprint density at radius 3 is 2.14 bits per heavy atom. The fraction of sp³-hybridized carbons (Fsp3) is 0.615. The average Bonchev–Trinajstić information content (AvgIpc) is 2.51. The maximum absolute atomic E-state index is 10.7. The summed E-state index contributed by atoms with van der Waals surface area (Å²) in [6.45, 7) is 19.5. The normalized spacial score (nSPS) is 19.6. The van der Waals surface area contributed by atoms with Crippen LogP contribution in [-0.4, -0.2) is 16.3 Å². The molecule has 0 aliphatic heterocycles. The number of aromatic hydroxyl groups is 1. The molecule has 1 aliphatic rings. The molecular weight excluding hydrogens is 344 g/mol. The first kappa shape index (κ1) is 22.7. The van der Waals surface area contributed by atoms with Gasteiger partial charge in [-0.2, -0.15) is 0 Å². The molecule has 2 rings (SSSR count). The van der Waals surface area contributed by atoms with Crippen LogP contribution in [0.1, 0.15) is 97.3 Å². The van der Waals surface area contributed by atoms with Crippen molar-refractivity contribution < 1.29 is 10.2 Å². The van der Waals surface area contributed by atoms with Crippen LogP contribution >= 0.6 is 0 Å². The minimum absolute atomic E-state index is 0.0529. The SMILES string of the molecule is CCCC(C1=C(C)CC(O)C(C(C)(C)C)=C1)c1cc(C(C)(C)C)c(O)cc1C. The summed E-state index contributed by atoms with van der Waals surface area (Å²) >= 11 is 0. The smallest absolute Gasteiger partial charge is 0.119 e. The molecule has 0 heterocycles. The molecule has 1 aliphatic carbocycles. The van der Waals surface area contributed by atoms with Crippen molar-refractivity contribution in [1.82, 2.24) is 0 Å². The Hall–Kier alpha value is -1.54. The molecular formula is C26H40O2. The van der Waals surface area contributed by atoms with Crippen LogP contribution in [0.5, 0.6) is 5.75 Å². The van der Waals surface area contributed by atoms with Gasteiger partial charge < -0.3 is 10.2 Å². The molecule has 0 radical (unpaired) electrons. The predicted octanol–water partition coefficient (Wildman–Crippen LogP) is 6.94. The molecule has 2 N–H and O–H groups in total. The summed E-state index contributed by atoms with van der Waals surface area (Å²) < 4.78 is 0. The number of allylic oxidation sites excluding steroid dienone is 2. The van der Waals surface area contributed by atoms with Crippen molar-refractivity contribution in [2.24, 2.45) is 5.41 Å². The topological polar surface area (TPSA) is 40.5 Å². The lowest BCUT2D eigenvalue weighted by atomic mass is 9.72. The van der Waals surface area contributed by atoms with Gasteiger partial charge in [-0.15, -0.1) is 0 Å². The number of phenolic OH excluding ortho intramolecular Hbond substituents is 1. The Bertz CT molecular complexity index is 782. The van der Waals surface area contributed by atoms with Crippen molar-refractivity contribution in [2.45, 2.75) is 99.0 Å². The highest BCUT2D eigenvalue weighted by atomic mass is 16.3. The van der Waals surface area contributed by atoms with Crippen LogP contribution in [0.25, 0.3) is 0 Å². The van der Waals surface area contributed by atoms with Crippen molar-refractivity contribution >= 4 is 0 Å². The largest absolute Gasteiger partial charge is 0.508 e. The lowest BCUT2D eigenvalue weighted by molar-refractivity contribution is 0.182. The molecule has 0 saturated heterocycles. The number of hydrogen-bond acceptors (Lipinski definition) is 2. The van der Waals surface area contributed by atoms with E-state index in [1.165, 1.54) is 16.7 Å². The second kappa shape index (κ2) is 8.06. The lowest BCUT2D eigenvalue weighted by Gasteiger charge is -2.35. The van der Waals surface area contributed by atoms with Gasteiger partial charge in [0.15, 0.2) is 0 Å². The number of benzene rings is 1. The second-order valence-electron chi connectivity index (χ2n) is 10.6. The third-order valence-corrected chi connectivity index (χ3v) is 6.05. The zero-order chi connectivity index (χ0) is 21.4. The van der Waals surface area contributed by atoms with Gasteiger partial charge in [0, 0.05) is 5.92 Å². The zero-order valence-corrected chi connectivity index (χ0v) is 19.4. The van der Waals surface area contributed by atoms with Gasteiger partial charge in [0.25, 0.3) is 0 Å². The van der Waals surface area contributed by atoms with E-state index in [1.807, 2.05) is 6.07 Å². The first-order valence-corrected chi connectivity index (χ1v) is 10.7. The molecule has 2 nitrogen and oxygen atoms in total. The molecule has 156 valence electrons. The summed E-state index contributed by atoms with van der Waals surface area (Å²) in [5.74, 6) is 0.677. The number of aliphatic hydroxyl groups excluding tert-OH is 1. The summed E-state index contributed by atoms with van der Waals surface area (Å²) in [4.78, 5) is 0. The molecule has 0 aromatic heterocycles. The molecule has 2 heteroatoms.